The fourth-order valence-electron chi connectivity index (χ4n) is 2.64. The molecule has 0 bridgehead atoms. The first kappa shape index (κ1) is 15.6. The van der Waals surface area contributed by atoms with Crippen molar-refractivity contribution in [1.82, 2.24) is 26.0 Å². The van der Waals surface area contributed by atoms with E-state index in [1.54, 1.807) is 12.1 Å². The molecule has 0 spiro atoms. The number of rotatable bonds is 3. The van der Waals surface area contributed by atoms with Crippen molar-refractivity contribution in [2.45, 2.75) is 0 Å². The normalized spacial score (nSPS) is 10.6. The number of nitrogens with zero attached hydrogens (tertiary/aromatic N) is 1. The van der Waals surface area contributed by atoms with E-state index in [-0.39, 0.29) is 5.69 Å². The minimum Gasteiger partial charge on any atom is -0.350 e. The molecule has 0 radical (unpaired) electrons. The Hall–Kier alpha value is -3.87. The van der Waals surface area contributed by atoms with Gasteiger partial charge in [0.2, 0.25) is 0 Å². The van der Waals surface area contributed by atoms with Crippen molar-refractivity contribution in [3.63, 3.8) is 0 Å². The number of aromatic amines is 2. The first-order valence-corrected chi connectivity index (χ1v) is 8.00. The number of carbonyl (C=O) groups is 2. The van der Waals surface area contributed by atoms with Crippen LogP contribution in [0.5, 0.6) is 0 Å². The zero-order valence-corrected chi connectivity index (χ0v) is 13.6. The summed E-state index contributed by atoms with van der Waals surface area (Å²) in [7, 11) is 0. The van der Waals surface area contributed by atoms with Crippen LogP contribution in [0.2, 0.25) is 0 Å². The molecule has 2 aromatic heterocycles. The third-order valence-electron chi connectivity index (χ3n) is 3.96. The molecular weight excluding hydrogens is 330 g/mol. The number of nitrogens with one attached hydrogen (secondary N) is 4. The van der Waals surface area contributed by atoms with E-state index in [2.05, 4.69) is 26.0 Å². The molecule has 4 rings (SSSR count). The lowest BCUT2D eigenvalue weighted by molar-refractivity contribution is 0.0841. The molecule has 0 aliphatic carbocycles. The Morgan fingerprint density at radius 2 is 1.50 bits per heavy atom. The highest BCUT2D eigenvalue weighted by atomic mass is 16.2. The van der Waals surface area contributed by atoms with E-state index < -0.39 is 11.8 Å². The molecule has 0 unspecified atom stereocenters. The van der Waals surface area contributed by atoms with Crippen LogP contribution in [0.25, 0.3) is 22.2 Å². The molecule has 2 aromatic carbocycles. The van der Waals surface area contributed by atoms with Crippen LogP contribution >= 0.6 is 0 Å². The summed E-state index contributed by atoms with van der Waals surface area (Å²) >= 11 is 0. The number of benzene rings is 2. The Morgan fingerprint density at radius 3 is 2.27 bits per heavy atom. The average molecular weight is 345 g/mol. The molecule has 0 aliphatic heterocycles. The SMILES string of the molecule is O=C(NNC(=O)c1cc2ccccc2[nH]1)c1cc(-c2ccccc2)n[nH]1. The maximum absolute atomic E-state index is 12.2. The van der Waals surface area contributed by atoms with E-state index in [1.807, 2.05) is 54.6 Å². The molecule has 26 heavy (non-hydrogen) atoms. The summed E-state index contributed by atoms with van der Waals surface area (Å²) in [6, 6.07) is 20.4. The van der Waals surface area contributed by atoms with Crippen molar-refractivity contribution in [2.24, 2.45) is 0 Å². The number of carbonyl (C=O) groups excluding carboxylic acids is 2. The lowest BCUT2D eigenvalue weighted by atomic mass is 10.1. The first-order valence-electron chi connectivity index (χ1n) is 8.00. The summed E-state index contributed by atoms with van der Waals surface area (Å²) < 4.78 is 0. The molecule has 0 aliphatic rings. The van der Waals surface area contributed by atoms with Gasteiger partial charge in [-0.2, -0.15) is 5.10 Å². The summed E-state index contributed by atoms with van der Waals surface area (Å²) in [6.45, 7) is 0. The van der Waals surface area contributed by atoms with Crippen LogP contribution in [0.3, 0.4) is 0 Å². The second kappa shape index (κ2) is 6.56. The monoisotopic (exact) mass is 345 g/mol. The van der Waals surface area contributed by atoms with Crippen molar-refractivity contribution in [3.05, 3.63) is 78.1 Å². The number of hydrogen-bond donors (Lipinski definition) is 4. The van der Waals surface area contributed by atoms with Gasteiger partial charge >= 0.3 is 0 Å². The topological polar surface area (TPSA) is 103 Å². The number of amides is 2. The van der Waals surface area contributed by atoms with Gasteiger partial charge in [-0.1, -0.05) is 48.5 Å². The van der Waals surface area contributed by atoms with Gasteiger partial charge < -0.3 is 4.98 Å². The zero-order valence-electron chi connectivity index (χ0n) is 13.6. The van der Waals surface area contributed by atoms with Crippen molar-refractivity contribution in [1.29, 1.82) is 0 Å². The molecule has 4 N–H and O–H groups in total. The van der Waals surface area contributed by atoms with Crippen molar-refractivity contribution < 1.29 is 9.59 Å². The van der Waals surface area contributed by atoms with Crippen molar-refractivity contribution in [2.75, 3.05) is 0 Å². The van der Waals surface area contributed by atoms with Crippen molar-refractivity contribution >= 4 is 22.7 Å². The minimum absolute atomic E-state index is 0.251. The maximum atomic E-state index is 12.2. The zero-order chi connectivity index (χ0) is 17.9. The largest absolute Gasteiger partial charge is 0.350 e. The highest BCUT2D eigenvalue weighted by Crippen LogP contribution is 2.17. The van der Waals surface area contributed by atoms with Gasteiger partial charge in [-0.05, 0) is 18.2 Å². The smallest absolute Gasteiger partial charge is 0.287 e. The van der Waals surface area contributed by atoms with E-state index >= 15 is 0 Å². The number of hydrogen-bond acceptors (Lipinski definition) is 3. The molecular formula is C19H15N5O2. The van der Waals surface area contributed by atoms with Crippen LogP contribution < -0.4 is 10.9 Å². The third kappa shape index (κ3) is 3.05. The van der Waals surface area contributed by atoms with Crippen LogP contribution in [0.1, 0.15) is 21.0 Å². The Balaban J connectivity index is 1.42. The molecule has 0 saturated carbocycles. The predicted molar refractivity (Wildman–Crippen MR) is 97.3 cm³/mol. The van der Waals surface area contributed by atoms with Gasteiger partial charge in [0.05, 0.1) is 5.69 Å². The van der Waals surface area contributed by atoms with E-state index in [0.29, 0.717) is 11.4 Å². The quantitative estimate of drug-likeness (QED) is 0.429. The van der Waals surface area contributed by atoms with Gasteiger partial charge in [0, 0.05) is 16.5 Å². The summed E-state index contributed by atoms with van der Waals surface area (Å²) in [5.74, 6) is -0.915. The summed E-state index contributed by atoms with van der Waals surface area (Å²) in [6.07, 6.45) is 0. The molecule has 2 heterocycles. The average Bonchev–Trinajstić information content (AvgIpc) is 3.33. The van der Waals surface area contributed by atoms with Gasteiger partial charge in [-0.15, -0.1) is 0 Å². The van der Waals surface area contributed by atoms with Crippen LogP contribution in [-0.4, -0.2) is 27.0 Å². The lowest BCUT2D eigenvalue weighted by Crippen LogP contribution is -2.41. The minimum atomic E-state index is -0.482. The van der Waals surface area contributed by atoms with Crippen LogP contribution in [0.15, 0.2) is 66.7 Å². The standard InChI is InChI=1S/C19H15N5O2/c25-18(16-10-13-8-4-5-9-14(13)20-16)23-24-19(26)17-11-15(21-22-17)12-6-2-1-3-7-12/h1-11,20H,(H,21,22)(H,23,25)(H,24,26). The molecule has 128 valence electrons. The Labute approximate surface area is 148 Å². The molecule has 0 fully saturated rings. The highest BCUT2D eigenvalue weighted by Gasteiger charge is 2.14. The second-order valence-electron chi connectivity index (χ2n) is 5.71. The predicted octanol–water partition coefficient (Wildman–Crippen LogP) is 2.63. The fourth-order valence-corrected chi connectivity index (χ4v) is 2.64. The molecule has 7 heteroatoms. The van der Waals surface area contributed by atoms with Crippen LogP contribution in [0, 0.1) is 0 Å². The number of para-hydroxylation sites is 1. The van der Waals surface area contributed by atoms with Gasteiger partial charge in [0.15, 0.2) is 0 Å². The van der Waals surface area contributed by atoms with Gasteiger partial charge in [0.1, 0.15) is 11.4 Å². The molecule has 7 nitrogen and oxygen atoms in total. The van der Waals surface area contributed by atoms with Gasteiger partial charge in [-0.3, -0.25) is 25.5 Å². The van der Waals surface area contributed by atoms with Gasteiger partial charge in [-0.25, -0.2) is 0 Å². The Morgan fingerprint density at radius 1 is 0.808 bits per heavy atom. The molecule has 0 atom stereocenters. The number of fused-ring (bicyclic) bond motifs is 1. The molecule has 4 aromatic rings. The summed E-state index contributed by atoms with van der Waals surface area (Å²) in [5.41, 5.74) is 7.78. The maximum Gasteiger partial charge on any atom is 0.287 e. The number of H-pyrrole nitrogens is 2. The van der Waals surface area contributed by atoms with E-state index in [9.17, 15) is 9.59 Å². The fraction of sp³-hybridized carbons (Fsp3) is 0. The Bertz CT molecular complexity index is 1050. The van der Waals surface area contributed by atoms with E-state index in [0.717, 1.165) is 16.5 Å². The van der Waals surface area contributed by atoms with E-state index in [1.165, 1.54) is 0 Å². The second-order valence-corrected chi connectivity index (χ2v) is 5.71. The first-order chi connectivity index (χ1) is 12.7. The Kier molecular flexibility index (Phi) is 3.95. The van der Waals surface area contributed by atoms with Crippen LogP contribution in [0.4, 0.5) is 0 Å². The molecule has 0 saturated heterocycles. The van der Waals surface area contributed by atoms with E-state index in [4.69, 9.17) is 0 Å². The van der Waals surface area contributed by atoms with Gasteiger partial charge in [0.25, 0.3) is 11.8 Å². The summed E-state index contributed by atoms with van der Waals surface area (Å²) in [5, 5.41) is 7.71. The third-order valence-corrected chi connectivity index (χ3v) is 3.96. The highest BCUT2D eigenvalue weighted by molar-refractivity contribution is 6.00. The van der Waals surface area contributed by atoms with Crippen molar-refractivity contribution in [3.8, 4) is 11.3 Å². The number of hydrazine groups is 1. The number of aromatic nitrogens is 3. The van der Waals surface area contributed by atoms with Crippen LogP contribution in [-0.2, 0) is 0 Å². The lowest BCUT2D eigenvalue weighted by Gasteiger charge is -2.04. The summed E-state index contributed by atoms with van der Waals surface area (Å²) in [4.78, 5) is 27.4. The molecule has 2 amide bonds.